The molecule has 8 heteroatoms. The van der Waals surface area contributed by atoms with Crippen molar-refractivity contribution >= 4 is 17.7 Å². The molecule has 7 nitrogen and oxygen atoms in total. The quantitative estimate of drug-likeness (QED) is 0.363. The van der Waals surface area contributed by atoms with Crippen molar-refractivity contribution in [2.24, 2.45) is 0 Å². The summed E-state index contributed by atoms with van der Waals surface area (Å²) in [6.45, 7) is 3.50. The number of ether oxygens (including phenoxy) is 2. The fraction of sp³-hybridized carbons (Fsp3) is 0.240. The zero-order chi connectivity index (χ0) is 22.3. The second-order valence-corrected chi connectivity index (χ2v) is 8.54. The van der Waals surface area contributed by atoms with Gasteiger partial charge in [0.1, 0.15) is 12.4 Å². The summed E-state index contributed by atoms with van der Waals surface area (Å²) >= 11 is 1.68. The molecule has 0 N–H and O–H groups in total. The molecular weight excluding hydrogens is 434 g/mol. The lowest BCUT2D eigenvalue weighted by Crippen LogP contribution is -2.37. The lowest BCUT2D eigenvalue weighted by molar-refractivity contribution is 0.122. The number of rotatable bonds is 8. The fourth-order valence-corrected chi connectivity index (χ4v) is 4.50. The summed E-state index contributed by atoms with van der Waals surface area (Å²) in [6.07, 6.45) is 1.78. The van der Waals surface area contributed by atoms with E-state index in [1.54, 1.807) is 18.0 Å². The van der Waals surface area contributed by atoms with Crippen molar-refractivity contribution in [3.05, 3.63) is 90.3 Å². The van der Waals surface area contributed by atoms with Crippen molar-refractivity contribution in [3.8, 4) is 11.4 Å². The van der Waals surface area contributed by atoms with E-state index in [0.29, 0.717) is 19.8 Å². The Labute approximate surface area is 197 Å². The van der Waals surface area contributed by atoms with Gasteiger partial charge in [0.25, 0.3) is 0 Å². The van der Waals surface area contributed by atoms with Crippen LogP contribution in [0.15, 0.2) is 84.1 Å². The highest BCUT2D eigenvalue weighted by atomic mass is 32.2. The highest BCUT2D eigenvalue weighted by molar-refractivity contribution is 7.98. The first kappa shape index (κ1) is 21.5. The molecule has 3 heterocycles. The normalized spacial score (nSPS) is 13.8. The molecule has 1 saturated heterocycles. The zero-order valence-electron chi connectivity index (χ0n) is 18.2. The third kappa shape index (κ3) is 5.35. The molecular formula is C25H25N5O2S. The maximum atomic E-state index is 5.85. The number of hydrogen-bond acceptors (Lipinski definition) is 7. The van der Waals surface area contributed by atoms with Crippen LogP contribution in [-0.2, 0) is 17.1 Å². The van der Waals surface area contributed by atoms with Gasteiger partial charge in [-0.2, -0.15) is 0 Å². The van der Waals surface area contributed by atoms with E-state index in [1.807, 2.05) is 48.5 Å². The second kappa shape index (κ2) is 10.5. The minimum atomic E-state index is 0.458. The first-order valence-corrected chi connectivity index (χ1v) is 11.9. The van der Waals surface area contributed by atoms with Gasteiger partial charge in [0.2, 0.25) is 5.95 Å². The van der Waals surface area contributed by atoms with Gasteiger partial charge >= 0.3 is 0 Å². The summed E-state index contributed by atoms with van der Waals surface area (Å²) in [5, 5.41) is 9.93. The van der Waals surface area contributed by atoms with Gasteiger partial charge in [-0.3, -0.25) is 9.55 Å². The Morgan fingerprint density at radius 1 is 0.879 bits per heavy atom. The number of hydrogen-bond donors (Lipinski definition) is 0. The Morgan fingerprint density at radius 3 is 2.42 bits per heavy atom. The maximum absolute atomic E-state index is 5.85. The number of anilines is 1. The monoisotopic (exact) mass is 459 g/mol. The van der Waals surface area contributed by atoms with Crippen molar-refractivity contribution in [1.29, 1.82) is 0 Å². The molecule has 0 aliphatic carbocycles. The third-order valence-electron chi connectivity index (χ3n) is 5.33. The lowest BCUT2D eigenvalue weighted by Gasteiger charge is -2.27. The van der Waals surface area contributed by atoms with Crippen LogP contribution in [0, 0.1) is 0 Å². The van der Waals surface area contributed by atoms with Gasteiger partial charge in [0.15, 0.2) is 5.16 Å². The SMILES string of the molecule is c1ccc(-n2c(SCc3ccc(OCc4ccccn4)cc3)nnc2N2CCOCC2)cc1. The first-order valence-electron chi connectivity index (χ1n) is 10.9. The summed E-state index contributed by atoms with van der Waals surface area (Å²) in [5.74, 6) is 2.48. The predicted octanol–water partition coefficient (Wildman–Crippen LogP) is 4.37. The number of para-hydroxylation sites is 1. The molecule has 0 spiro atoms. The van der Waals surface area contributed by atoms with Crippen molar-refractivity contribution in [1.82, 2.24) is 19.7 Å². The number of benzene rings is 2. The van der Waals surface area contributed by atoms with E-state index in [9.17, 15) is 0 Å². The van der Waals surface area contributed by atoms with Crippen LogP contribution in [0.1, 0.15) is 11.3 Å². The summed E-state index contributed by atoms with van der Waals surface area (Å²) in [4.78, 5) is 6.53. The highest BCUT2D eigenvalue weighted by Crippen LogP contribution is 2.29. The van der Waals surface area contributed by atoms with E-state index in [2.05, 4.69) is 48.9 Å². The Morgan fingerprint density at radius 2 is 1.67 bits per heavy atom. The lowest BCUT2D eigenvalue weighted by atomic mass is 10.2. The third-order valence-corrected chi connectivity index (χ3v) is 6.33. The molecule has 0 amide bonds. The molecule has 0 atom stereocenters. The van der Waals surface area contributed by atoms with E-state index in [4.69, 9.17) is 9.47 Å². The van der Waals surface area contributed by atoms with Crippen LogP contribution in [0.25, 0.3) is 5.69 Å². The summed E-state index contributed by atoms with van der Waals surface area (Å²) < 4.78 is 13.5. The van der Waals surface area contributed by atoms with Crippen LogP contribution in [0.4, 0.5) is 5.95 Å². The van der Waals surface area contributed by atoms with Gasteiger partial charge in [0.05, 0.1) is 24.6 Å². The van der Waals surface area contributed by atoms with Crippen LogP contribution in [0.2, 0.25) is 0 Å². The number of aromatic nitrogens is 4. The number of morpholine rings is 1. The molecule has 2 aromatic carbocycles. The first-order chi connectivity index (χ1) is 16.4. The van der Waals surface area contributed by atoms with E-state index in [0.717, 1.165) is 47.1 Å². The van der Waals surface area contributed by atoms with Crippen LogP contribution in [-0.4, -0.2) is 46.1 Å². The second-order valence-electron chi connectivity index (χ2n) is 7.60. The Balaban J connectivity index is 1.28. The van der Waals surface area contributed by atoms with E-state index < -0.39 is 0 Å². The number of nitrogens with zero attached hydrogens (tertiary/aromatic N) is 5. The van der Waals surface area contributed by atoms with Gasteiger partial charge < -0.3 is 14.4 Å². The average molecular weight is 460 g/mol. The van der Waals surface area contributed by atoms with Gasteiger partial charge in [-0.1, -0.05) is 48.2 Å². The van der Waals surface area contributed by atoms with Crippen LogP contribution in [0.3, 0.4) is 0 Å². The molecule has 0 bridgehead atoms. The van der Waals surface area contributed by atoms with Gasteiger partial charge in [0, 0.05) is 25.0 Å². The Kier molecular flexibility index (Phi) is 6.84. The van der Waals surface area contributed by atoms with Gasteiger partial charge in [-0.15, -0.1) is 10.2 Å². The van der Waals surface area contributed by atoms with Crippen molar-refractivity contribution in [2.45, 2.75) is 17.5 Å². The zero-order valence-corrected chi connectivity index (χ0v) is 19.0. The van der Waals surface area contributed by atoms with Gasteiger partial charge in [-0.05, 0) is 42.0 Å². The minimum absolute atomic E-state index is 0.458. The van der Waals surface area contributed by atoms with Crippen molar-refractivity contribution in [2.75, 3.05) is 31.2 Å². The molecule has 0 unspecified atom stereocenters. The Hall–Kier alpha value is -3.36. The predicted molar refractivity (Wildman–Crippen MR) is 129 cm³/mol. The van der Waals surface area contributed by atoms with Crippen LogP contribution < -0.4 is 9.64 Å². The maximum Gasteiger partial charge on any atom is 0.232 e. The smallest absolute Gasteiger partial charge is 0.232 e. The standard InChI is InChI=1S/C25H25N5O2S/c1-2-7-22(8-3-1)30-24(29-14-16-31-17-15-29)27-28-25(30)33-19-20-9-11-23(12-10-20)32-18-21-6-4-5-13-26-21/h1-13H,14-19H2. The fourth-order valence-electron chi connectivity index (χ4n) is 3.60. The minimum Gasteiger partial charge on any atom is -0.487 e. The van der Waals surface area contributed by atoms with Crippen LogP contribution >= 0.6 is 11.8 Å². The van der Waals surface area contributed by atoms with Crippen LogP contribution in [0.5, 0.6) is 5.75 Å². The topological polar surface area (TPSA) is 65.3 Å². The molecule has 1 aliphatic heterocycles. The number of thioether (sulfide) groups is 1. The molecule has 1 fully saturated rings. The molecule has 0 radical (unpaired) electrons. The molecule has 2 aromatic heterocycles. The van der Waals surface area contributed by atoms with E-state index >= 15 is 0 Å². The average Bonchev–Trinajstić information content (AvgIpc) is 3.32. The summed E-state index contributed by atoms with van der Waals surface area (Å²) in [6, 6.07) is 24.3. The van der Waals surface area contributed by atoms with Crippen molar-refractivity contribution < 1.29 is 9.47 Å². The van der Waals surface area contributed by atoms with E-state index in [1.165, 1.54) is 5.56 Å². The Bertz CT molecular complexity index is 1150. The molecule has 1 aliphatic rings. The largest absolute Gasteiger partial charge is 0.487 e. The molecule has 168 valence electrons. The molecule has 4 aromatic rings. The van der Waals surface area contributed by atoms with Gasteiger partial charge in [-0.25, -0.2) is 0 Å². The van der Waals surface area contributed by atoms with E-state index in [-0.39, 0.29) is 0 Å². The van der Waals surface area contributed by atoms with Crippen molar-refractivity contribution in [3.63, 3.8) is 0 Å². The summed E-state index contributed by atoms with van der Waals surface area (Å²) in [5.41, 5.74) is 3.17. The molecule has 33 heavy (non-hydrogen) atoms. The summed E-state index contributed by atoms with van der Waals surface area (Å²) in [7, 11) is 0. The molecule has 0 saturated carbocycles. The number of pyridine rings is 1. The molecule has 5 rings (SSSR count). The highest BCUT2D eigenvalue weighted by Gasteiger charge is 2.21.